The summed E-state index contributed by atoms with van der Waals surface area (Å²) in [5, 5.41) is 6.07. The molecule has 24 heavy (non-hydrogen) atoms. The zero-order valence-corrected chi connectivity index (χ0v) is 13.0. The highest BCUT2D eigenvalue weighted by atomic mass is 35.5. The van der Waals surface area contributed by atoms with Gasteiger partial charge in [-0.05, 0) is 31.0 Å². The van der Waals surface area contributed by atoms with E-state index < -0.39 is 22.7 Å². The van der Waals surface area contributed by atoms with Crippen LogP contribution in [0.5, 0.6) is 0 Å². The van der Waals surface area contributed by atoms with Gasteiger partial charge in [0.15, 0.2) is 0 Å². The zero-order chi connectivity index (χ0) is 17.5. The molecular weight excluding hydrogens is 347 g/mol. The quantitative estimate of drug-likeness (QED) is 0.877. The molecule has 0 bridgehead atoms. The van der Waals surface area contributed by atoms with Crippen LogP contribution < -0.4 is 11.1 Å². The molecule has 5 nitrogen and oxygen atoms in total. The summed E-state index contributed by atoms with van der Waals surface area (Å²) in [5.74, 6) is -0.0850. The van der Waals surface area contributed by atoms with E-state index in [1.54, 1.807) is 6.07 Å². The third kappa shape index (κ3) is 3.33. The Bertz CT molecular complexity index is 770. The van der Waals surface area contributed by atoms with Crippen LogP contribution in [0, 0.1) is 0 Å². The lowest BCUT2D eigenvalue weighted by Crippen LogP contribution is -2.43. The molecule has 1 aliphatic rings. The van der Waals surface area contributed by atoms with Crippen LogP contribution in [0.25, 0.3) is 0 Å². The summed E-state index contributed by atoms with van der Waals surface area (Å²) >= 11 is 5.62. The summed E-state index contributed by atoms with van der Waals surface area (Å²) in [6.07, 6.45) is -3.23. The van der Waals surface area contributed by atoms with Crippen LogP contribution in [0.4, 0.5) is 19.1 Å². The highest BCUT2D eigenvalue weighted by Gasteiger charge is 2.35. The molecule has 3 rings (SSSR count). The van der Waals surface area contributed by atoms with Gasteiger partial charge in [0, 0.05) is 23.6 Å². The van der Waals surface area contributed by atoms with E-state index in [1.807, 2.05) is 0 Å². The van der Waals surface area contributed by atoms with Gasteiger partial charge in [-0.25, -0.2) is 0 Å². The van der Waals surface area contributed by atoms with E-state index in [-0.39, 0.29) is 23.4 Å². The highest BCUT2D eigenvalue weighted by molar-refractivity contribution is 6.31. The molecule has 1 aromatic carbocycles. The fourth-order valence-electron chi connectivity index (χ4n) is 2.63. The number of aromatic nitrogens is 1. The minimum absolute atomic E-state index is 0.0820. The number of rotatable bonds is 3. The number of carbonyl (C=O) groups is 1. The van der Waals surface area contributed by atoms with Gasteiger partial charge in [-0.2, -0.15) is 13.2 Å². The van der Waals surface area contributed by atoms with Crippen LogP contribution in [-0.2, 0) is 6.18 Å². The first-order chi connectivity index (χ1) is 11.2. The molecule has 0 spiro atoms. The summed E-state index contributed by atoms with van der Waals surface area (Å²) in [5.41, 5.74) is 5.30. The number of nitrogens with one attached hydrogen (secondary N) is 1. The molecule has 1 aromatic heterocycles. The first-order valence-corrected chi connectivity index (χ1v) is 7.51. The summed E-state index contributed by atoms with van der Waals surface area (Å²) in [6, 6.07) is 4.49. The number of amides is 1. The molecule has 1 aliphatic carbocycles. The minimum atomic E-state index is -4.55. The first kappa shape index (κ1) is 16.6. The molecule has 1 amide bonds. The van der Waals surface area contributed by atoms with Crippen LogP contribution in [-0.4, -0.2) is 17.1 Å². The SMILES string of the molecule is Nc1cc([C@H]2C[C@H](NC(=O)c3ccc(C(F)(F)F)c(Cl)c3)C2)no1. The molecule has 0 radical (unpaired) electrons. The maximum Gasteiger partial charge on any atom is 0.417 e. The molecule has 0 saturated heterocycles. The number of hydrogen-bond acceptors (Lipinski definition) is 4. The van der Waals surface area contributed by atoms with Gasteiger partial charge < -0.3 is 15.6 Å². The normalized spacial score (nSPS) is 20.5. The Labute approximate surface area is 139 Å². The molecule has 2 aromatic rings. The number of hydrogen-bond donors (Lipinski definition) is 2. The molecule has 9 heteroatoms. The molecule has 128 valence electrons. The number of halogens is 4. The Kier molecular flexibility index (Phi) is 4.16. The number of carbonyl (C=O) groups excluding carboxylic acids is 1. The van der Waals surface area contributed by atoms with Crippen molar-refractivity contribution in [1.29, 1.82) is 0 Å². The molecule has 0 unspecified atom stereocenters. The highest BCUT2D eigenvalue weighted by Crippen LogP contribution is 2.37. The van der Waals surface area contributed by atoms with Crippen molar-refractivity contribution in [3.05, 3.63) is 46.1 Å². The first-order valence-electron chi connectivity index (χ1n) is 7.13. The van der Waals surface area contributed by atoms with Crippen molar-refractivity contribution < 1.29 is 22.5 Å². The third-order valence-electron chi connectivity index (χ3n) is 3.97. The smallest absolute Gasteiger partial charge is 0.368 e. The van der Waals surface area contributed by atoms with E-state index in [0.29, 0.717) is 12.8 Å². The van der Waals surface area contributed by atoms with Gasteiger partial charge in [-0.1, -0.05) is 16.8 Å². The standard InChI is InChI=1S/C15H13ClF3N3O2/c16-11-5-7(1-2-10(11)15(17,18)19)14(23)21-9-3-8(4-9)12-6-13(20)24-22-12/h1-2,5-6,8-9H,3-4,20H2,(H,21,23)/t8-,9-. The summed E-state index contributed by atoms with van der Waals surface area (Å²) < 4.78 is 42.8. The lowest BCUT2D eigenvalue weighted by Gasteiger charge is -2.34. The van der Waals surface area contributed by atoms with Crippen LogP contribution in [0.3, 0.4) is 0 Å². The van der Waals surface area contributed by atoms with Crippen LogP contribution >= 0.6 is 11.6 Å². The fraction of sp³-hybridized carbons (Fsp3) is 0.333. The topological polar surface area (TPSA) is 81.1 Å². The molecule has 0 atom stereocenters. The van der Waals surface area contributed by atoms with Gasteiger partial charge in [0.05, 0.1) is 16.3 Å². The van der Waals surface area contributed by atoms with Gasteiger partial charge in [0.25, 0.3) is 5.91 Å². The van der Waals surface area contributed by atoms with Gasteiger partial charge in [0.1, 0.15) is 0 Å². The number of nitrogens with zero attached hydrogens (tertiary/aromatic N) is 1. The number of nitrogens with two attached hydrogens (primary N) is 1. The van der Waals surface area contributed by atoms with Gasteiger partial charge >= 0.3 is 6.18 Å². The summed E-state index contributed by atoms with van der Waals surface area (Å²) in [6.45, 7) is 0. The van der Waals surface area contributed by atoms with Gasteiger partial charge in [-0.3, -0.25) is 4.79 Å². The zero-order valence-electron chi connectivity index (χ0n) is 12.2. The molecule has 3 N–H and O–H groups in total. The van der Waals surface area contributed by atoms with Gasteiger partial charge in [-0.15, -0.1) is 0 Å². The van der Waals surface area contributed by atoms with E-state index in [1.165, 1.54) is 0 Å². The minimum Gasteiger partial charge on any atom is -0.368 e. The number of benzene rings is 1. The Morgan fingerprint density at radius 1 is 1.33 bits per heavy atom. The van der Waals surface area contributed by atoms with E-state index in [9.17, 15) is 18.0 Å². The molecule has 1 fully saturated rings. The van der Waals surface area contributed by atoms with Crippen molar-refractivity contribution >= 4 is 23.4 Å². The Morgan fingerprint density at radius 2 is 2.04 bits per heavy atom. The van der Waals surface area contributed by atoms with Crippen molar-refractivity contribution in [2.24, 2.45) is 0 Å². The molecule has 1 heterocycles. The van der Waals surface area contributed by atoms with E-state index in [2.05, 4.69) is 10.5 Å². The molecule has 0 aliphatic heterocycles. The predicted molar refractivity (Wildman–Crippen MR) is 80.6 cm³/mol. The van der Waals surface area contributed by atoms with Crippen LogP contribution in [0.2, 0.25) is 5.02 Å². The summed E-state index contributed by atoms with van der Waals surface area (Å²) in [4.78, 5) is 12.1. The van der Waals surface area contributed by atoms with E-state index in [0.717, 1.165) is 23.9 Å². The van der Waals surface area contributed by atoms with Crippen molar-refractivity contribution in [2.45, 2.75) is 31.0 Å². The number of anilines is 1. The average molecular weight is 360 g/mol. The van der Waals surface area contributed by atoms with E-state index in [4.69, 9.17) is 21.9 Å². The second-order valence-electron chi connectivity index (χ2n) is 5.69. The van der Waals surface area contributed by atoms with Crippen LogP contribution in [0.1, 0.15) is 40.4 Å². The van der Waals surface area contributed by atoms with Gasteiger partial charge in [0.2, 0.25) is 5.88 Å². The maximum atomic E-state index is 12.7. The second kappa shape index (κ2) is 6.01. The lowest BCUT2D eigenvalue weighted by atomic mass is 9.78. The lowest BCUT2D eigenvalue weighted by molar-refractivity contribution is -0.137. The second-order valence-corrected chi connectivity index (χ2v) is 6.09. The Morgan fingerprint density at radius 3 is 2.58 bits per heavy atom. The van der Waals surface area contributed by atoms with E-state index >= 15 is 0 Å². The Hall–Kier alpha value is -2.22. The predicted octanol–water partition coefficient (Wildman–Crippen LogP) is 3.61. The monoisotopic (exact) mass is 359 g/mol. The number of alkyl halides is 3. The van der Waals surface area contributed by atoms with Crippen molar-refractivity contribution in [3.8, 4) is 0 Å². The summed E-state index contributed by atoms with van der Waals surface area (Å²) in [7, 11) is 0. The third-order valence-corrected chi connectivity index (χ3v) is 4.29. The number of nitrogen functional groups attached to an aromatic ring is 1. The fourth-order valence-corrected chi connectivity index (χ4v) is 2.92. The van der Waals surface area contributed by atoms with Crippen molar-refractivity contribution in [2.75, 3.05) is 5.73 Å². The molecular formula is C15H13ClF3N3O2. The maximum absolute atomic E-state index is 12.7. The van der Waals surface area contributed by atoms with Crippen molar-refractivity contribution in [1.82, 2.24) is 10.5 Å². The van der Waals surface area contributed by atoms with Crippen molar-refractivity contribution in [3.63, 3.8) is 0 Å². The molecule has 1 saturated carbocycles. The Balaban J connectivity index is 1.59. The largest absolute Gasteiger partial charge is 0.417 e. The van der Waals surface area contributed by atoms with Crippen LogP contribution in [0.15, 0.2) is 28.8 Å². The average Bonchev–Trinajstić information content (AvgIpc) is 2.86.